The van der Waals surface area contributed by atoms with Crippen LogP contribution in [0.4, 0.5) is 4.79 Å². The van der Waals surface area contributed by atoms with Crippen LogP contribution in [0.5, 0.6) is 0 Å². The monoisotopic (exact) mass is 301 g/mol. The Labute approximate surface area is 124 Å². The number of nitrogens with one attached hydrogen (secondary N) is 1. The lowest BCUT2D eigenvalue weighted by molar-refractivity contribution is -0.240. The van der Waals surface area contributed by atoms with E-state index in [1.54, 1.807) is 20.8 Å². The van der Waals surface area contributed by atoms with Crippen LogP contribution in [0.2, 0.25) is 0 Å². The molecule has 1 N–H and O–H groups in total. The van der Waals surface area contributed by atoms with E-state index in [4.69, 9.17) is 14.2 Å². The number of rotatable bonds is 4. The summed E-state index contributed by atoms with van der Waals surface area (Å²) in [4.78, 5) is 34.8. The highest BCUT2D eigenvalue weighted by Gasteiger charge is 2.42. The molecule has 21 heavy (non-hydrogen) atoms. The molecule has 7 heteroatoms. The Morgan fingerprint density at radius 1 is 1.24 bits per heavy atom. The van der Waals surface area contributed by atoms with Crippen LogP contribution in [0.25, 0.3) is 0 Å². The van der Waals surface area contributed by atoms with Gasteiger partial charge < -0.3 is 19.5 Å². The summed E-state index contributed by atoms with van der Waals surface area (Å²) in [5.74, 6) is -3.32. The van der Waals surface area contributed by atoms with Crippen molar-refractivity contribution in [1.82, 2.24) is 5.32 Å². The molecule has 1 fully saturated rings. The Balaban J connectivity index is 2.32. The van der Waals surface area contributed by atoms with Crippen LogP contribution >= 0.6 is 0 Å². The maximum Gasteiger partial charge on any atom is 0.407 e. The second kappa shape index (κ2) is 6.32. The van der Waals surface area contributed by atoms with Gasteiger partial charge in [-0.2, -0.15) is 0 Å². The summed E-state index contributed by atoms with van der Waals surface area (Å²) in [6, 6.07) is 0. The van der Waals surface area contributed by atoms with Crippen molar-refractivity contribution < 1.29 is 28.6 Å². The predicted molar refractivity (Wildman–Crippen MR) is 73.2 cm³/mol. The predicted octanol–water partition coefficient (Wildman–Crippen LogP) is 1.74. The second-order valence-corrected chi connectivity index (χ2v) is 6.37. The lowest BCUT2D eigenvalue weighted by Crippen LogP contribution is -2.46. The van der Waals surface area contributed by atoms with Gasteiger partial charge in [-0.3, -0.25) is 9.59 Å². The zero-order valence-corrected chi connectivity index (χ0v) is 13.1. The van der Waals surface area contributed by atoms with Crippen molar-refractivity contribution in [2.24, 2.45) is 5.92 Å². The van der Waals surface area contributed by atoms with Crippen molar-refractivity contribution in [2.75, 3.05) is 6.54 Å². The molecule has 0 spiro atoms. The average molecular weight is 301 g/mol. The van der Waals surface area contributed by atoms with E-state index in [0.717, 1.165) is 0 Å². The molecule has 1 aliphatic rings. The SMILES string of the molecule is CC(C)(C)OC(=O)NCCCC1C(=O)OC(C)(C)OC1=O. The zero-order valence-electron chi connectivity index (χ0n) is 13.1. The highest BCUT2D eigenvalue weighted by Crippen LogP contribution is 2.25. The topological polar surface area (TPSA) is 90.9 Å². The first-order valence-corrected chi connectivity index (χ1v) is 6.93. The van der Waals surface area contributed by atoms with Gasteiger partial charge in [0.1, 0.15) is 5.60 Å². The number of hydrogen-bond donors (Lipinski definition) is 1. The summed E-state index contributed by atoms with van der Waals surface area (Å²) >= 11 is 0. The molecule has 7 nitrogen and oxygen atoms in total. The Hall–Kier alpha value is -1.79. The van der Waals surface area contributed by atoms with Crippen molar-refractivity contribution in [2.45, 2.75) is 58.8 Å². The van der Waals surface area contributed by atoms with Crippen LogP contribution in [0.3, 0.4) is 0 Å². The summed E-state index contributed by atoms with van der Waals surface area (Å²) in [7, 11) is 0. The third-order valence-corrected chi connectivity index (χ3v) is 2.60. The van der Waals surface area contributed by atoms with Gasteiger partial charge in [0.15, 0.2) is 5.92 Å². The van der Waals surface area contributed by atoms with E-state index in [1.807, 2.05) is 0 Å². The molecule has 0 aliphatic carbocycles. The molecule has 120 valence electrons. The fourth-order valence-corrected chi connectivity index (χ4v) is 1.79. The number of carbonyl (C=O) groups is 3. The number of carbonyl (C=O) groups excluding carboxylic acids is 3. The zero-order chi connectivity index (χ0) is 16.3. The smallest absolute Gasteiger partial charge is 0.407 e. The molecule has 1 amide bonds. The van der Waals surface area contributed by atoms with Gasteiger partial charge in [0.25, 0.3) is 5.79 Å². The van der Waals surface area contributed by atoms with Gasteiger partial charge in [0.2, 0.25) is 0 Å². The van der Waals surface area contributed by atoms with Crippen LogP contribution in [-0.2, 0) is 23.8 Å². The maximum absolute atomic E-state index is 11.7. The lowest BCUT2D eigenvalue weighted by Gasteiger charge is -2.32. The van der Waals surface area contributed by atoms with E-state index in [1.165, 1.54) is 13.8 Å². The van der Waals surface area contributed by atoms with Gasteiger partial charge >= 0.3 is 18.0 Å². The molecule has 0 atom stereocenters. The second-order valence-electron chi connectivity index (χ2n) is 6.37. The number of amides is 1. The standard InChI is InChI=1S/C14H23NO6/c1-13(2,3)21-12(18)15-8-6-7-9-10(16)19-14(4,5)20-11(9)17/h9H,6-8H2,1-5H3,(H,15,18). The third kappa shape index (κ3) is 6.01. The van der Waals surface area contributed by atoms with Crippen molar-refractivity contribution in [1.29, 1.82) is 0 Å². The van der Waals surface area contributed by atoms with Crippen LogP contribution < -0.4 is 5.32 Å². The van der Waals surface area contributed by atoms with E-state index >= 15 is 0 Å². The quantitative estimate of drug-likeness (QED) is 0.483. The van der Waals surface area contributed by atoms with Crippen LogP contribution in [0.15, 0.2) is 0 Å². The molecule has 1 rings (SSSR count). The molecule has 1 aliphatic heterocycles. The van der Waals surface area contributed by atoms with Crippen molar-refractivity contribution in [3.8, 4) is 0 Å². The third-order valence-electron chi connectivity index (χ3n) is 2.60. The molecule has 0 aromatic carbocycles. The summed E-state index contributed by atoms with van der Waals surface area (Å²) in [5.41, 5.74) is -0.563. The van der Waals surface area contributed by atoms with Gasteiger partial charge in [-0.25, -0.2) is 4.79 Å². The molecule has 0 aromatic rings. The maximum atomic E-state index is 11.7. The number of ether oxygens (including phenoxy) is 3. The molecule has 0 unspecified atom stereocenters. The summed E-state index contributed by atoms with van der Waals surface area (Å²) in [6.45, 7) is 8.61. The van der Waals surface area contributed by atoms with E-state index in [2.05, 4.69) is 5.32 Å². The minimum Gasteiger partial charge on any atom is -0.444 e. The van der Waals surface area contributed by atoms with Crippen LogP contribution in [0.1, 0.15) is 47.5 Å². The van der Waals surface area contributed by atoms with E-state index in [-0.39, 0.29) is 6.42 Å². The highest BCUT2D eigenvalue weighted by atomic mass is 16.7. The molecule has 0 saturated carbocycles. The molecule has 0 bridgehead atoms. The molecular formula is C14H23NO6. The van der Waals surface area contributed by atoms with Gasteiger partial charge in [-0.05, 0) is 33.6 Å². The van der Waals surface area contributed by atoms with E-state index in [0.29, 0.717) is 13.0 Å². The molecule has 1 heterocycles. The highest BCUT2D eigenvalue weighted by molar-refractivity contribution is 5.96. The van der Waals surface area contributed by atoms with Crippen molar-refractivity contribution in [3.05, 3.63) is 0 Å². The Morgan fingerprint density at radius 3 is 2.24 bits per heavy atom. The van der Waals surface area contributed by atoms with Gasteiger partial charge in [-0.1, -0.05) is 0 Å². The molecule has 1 saturated heterocycles. The Kier molecular flexibility index (Phi) is 5.20. The number of alkyl carbamates (subject to hydrolysis) is 1. The Bertz CT molecular complexity index is 404. The molecule has 0 aromatic heterocycles. The first-order valence-electron chi connectivity index (χ1n) is 6.93. The van der Waals surface area contributed by atoms with Gasteiger partial charge in [0, 0.05) is 20.4 Å². The number of hydrogen-bond acceptors (Lipinski definition) is 6. The largest absolute Gasteiger partial charge is 0.444 e. The average Bonchev–Trinajstić information content (AvgIpc) is 2.22. The minimum absolute atomic E-state index is 0.254. The fourth-order valence-electron chi connectivity index (χ4n) is 1.79. The first-order chi connectivity index (χ1) is 9.50. The van der Waals surface area contributed by atoms with Crippen LogP contribution in [-0.4, -0.2) is 36.0 Å². The summed E-state index contributed by atoms with van der Waals surface area (Å²) in [6.07, 6.45) is 0.162. The summed E-state index contributed by atoms with van der Waals surface area (Å²) < 4.78 is 15.1. The minimum atomic E-state index is -1.21. The normalized spacial score (nSPS) is 18.7. The summed E-state index contributed by atoms with van der Waals surface area (Å²) in [5, 5.41) is 2.56. The van der Waals surface area contributed by atoms with Crippen molar-refractivity contribution in [3.63, 3.8) is 0 Å². The number of esters is 2. The fraction of sp³-hybridized carbons (Fsp3) is 0.786. The van der Waals surface area contributed by atoms with Gasteiger partial charge in [-0.15, -0.1) is 0 Å². The molecule has 0 radical (unpaired) electrons. The lowest BCUT2D eigenvalue weighted by atomic mass is 10.0. The van der Waals surface area contributed by atoms with Crippen LogP contribution in [0, 0.1) is 5.92 Å². The van der Waals surface area contributed by atoms with Crippen molar-refractivity contribution >= 4 is 18.0 Å². The van der Waals surface area contributed by atoms with Gasteiger partial charge in [0.05, 0.1) is 0 Å². The van der Waals surface area contributed by atoms with E-state index in [9.17, 15) is 14.4 Å². The Morgan fingerprint density at radius 2 is 1.76 bits per heavy atom. The number of cyclic esters (lactones) is 2. The van der Waals surface area contributed by atoms with E-state index < -0.39 is 35.3 Å². The molecular weight excluding hydrogens is 278 g/mol. The first kappa shape index (κ1) is 17.3.